The van der Waals surface area contributed by atoms with Gasteiger partial charge in [-0.15, -0.1) is 0 Å². The van der Waals surface area contributed by atoms with Crippen molar-refractivity contribution in [2.75, 3.05) is 13.2 Å². The third-order valence-corrected chi connectivity index (χ3v) is 4.49. The van der Waals surface area contributed by atoms with Gasteiger partial charge in [0.05, 0.1) is 16.5 Å². The van der Waals surface area contributed by atoms with Gasteiger partial charge < -0.3 is 14.5 Å². The molecule has 0 atom stereocenters. The molecule has 0 unspecified atom stereocenters. The van der Waals surface area contributed by atoms with Crippen LogP contribution in [0.25, 0.3) is 11.1 Å². The quantitative estimate of drug-likeness (QED) is 0.337. The fourth-order valence-corrected chi connectivity index (χ4v) is 2.92. The predicted molar refractivity (Wildman–Crippen MR) is 106 cm³/mol. The first kappa shape index (κ1) is 20.8. The van der Waals surface area contributed by atoms with E-state index in [4.69, 9.17) is 9.15 Å². The number of nitrogens with zero attached hydrogens (tertiary/aromatic N) is 2. The molecule has 0 spiro atoms. The van der Waals surface area contributed by atoms with Crippen molar-refractivity contribution in [3.8, 4) is 0 Å². The number of carbonyl (C=O) groups is 2. The summed E-state index contributed by atoms with van der Waals surface area (Å²) in [7, 11) is 0. The van der Waals surface area contributed by atoms with Gasteiger partial charge in [0.15, 0.2) is 12.2 Å². The number of benzene rings is 2. The van der Waals surface area contributed by atoms with Crippen molar-refractivity contribution in [3.05, 3.63) is 74.3 Å². The standard InChI is InChI=1S/C20H19N3O7/c1-13-4-2-3-5-14(13)8-9-21-18(24)12-29-19(25)11-22-16-7-6-15(23(27)28)10-17(16)30-20(22)26/h2-7,10H,8-9,11-12H2,1H3,(H,21,24). The third kappa shape index (κ3) is 4.90. The molecule has 30 heavy (non-hydrogen) atoms. The van der Waals surface area contributed by atoms with E-state index in [2.05, 4.69) is 5.32 Å². The monoisotopic (exact) mass is 413 g/mol. The summed E-state index contributed by atoms with van der Waals surface area (Å²) in [5, 5.41) is 13.5. The minimum absolute atomic E-state index is 0.0176. The van der Waals surface area contributed by atoms with Gasteiger partial charge in [0, 0.05) is 12.6 Å². The van der Waals surface area contributed by atoms with Crippen LogP contribution >= 0.6 is 0 Å². The van der Waals surface area contributed by atoms with Crippen molar-refractivity contribution >= 4 is 28.7 Å². The maximum absolute atomic E-state index is 12.0. The van der Waals surface area contributed by atoms with Gasteiger partial charge in [-0.1, -0.05) is 24.3 Å². The molecule has 0 radical (unpaired) electrons. The van der Waals surface area contributed by atoms with Gasteiger partial charge in [0.25, 0.3) is 11.6 Å². The summed E-state index contributed by atoms with van der Waals surface area (Å²) in [5.41, 5.74) is 2.19. The van der Waals surface area contributed by atoms with E-state index in [0.717, 1.165) is 21.8 Å². The van der Waals surface area contributed by atoms with E-state index in [1.807, 2.05) is 31.2 Å². The number of carbonyl (C=O) groups excluding carboxylic acids is 2. The van der Waals surface area contributed by atoms with Crippen LogP contribution in [0.2, 0.25) is 0 Å². The van der Waals surface area contributed by atoms with E-state index < -0.39 is 35.7 Å². The molecule has 0 aliphatic carbocycles. The Morgan fingerprint density at radius 2 is 2.00 bits per heavy atom. The lowest BCUT2D eigenvalue weighted by atomic mass is 10.1. The fraction of sp³-hybridized carbons (Fsp3) is 0.250. The zero-order chi connectivity index (χ0) is 21.7. The molecule has 2 aromatic carbocycles. The molecule has 1 aromatic heterocycles. The lowest BCUT2D eigenvalue weighted by Gasteiger charge is -2.08. The molecule has 3 rings (SSSR count). The van der Waals surface area contributed by atoms with Crippen LogP contribution in [0, 0.1) is 17.0 Å². The average Bonchev–Trinajstić information content (AvgIpc) is 3.02. The number of amides is 1. The fourth-order valence-electron chi connectivity index (χ4n) is 2.92. The molecule has 0 saturated carbocycles. The van der Waals surface area contributed by atoms with Crippen molar-refractivity contribution in [2.24, 2.45) is 0 Å². The average molecular weight is 413 g/mol. The number of esters is 1. The largest absolute Gasteiger partial charge is 0.454 e. The lowest BCUT2D eigenvalue weighted by molar-refractivity contribution is -0.384. The molecule has 1 amide bonds. The van der Waals surface area contributed by atoms with Crippen LogP contribution in [-0.4, -0.2) is 34.5 Å². The molecular weight excluding hydrogens is 394 g/mol. The highest BCUT2D eigenvalue weighted by Gasteiger charge is 2.17. The molecule has 1 N–H and O–H groups in total. The molecular formula is C20H19N3O7. The second kappa shape index (κ2) is 9.03. The number of aryl methyl sites for hydroxylation is 1. The Bertz CT molecular complexity index is 1160. The Labute approximate surface area is 170 Å². The number of nitrogens with one attached hydrogen (secondary N) is 1. The number of rotatable bonds is 8. The van der Waals surface area contributed by atoms with Gasteiger partial charge in [-0.3, -0.25) is 24.3 Å². The van der Waals surface area contributed by atoms with Crippen LogP contribution < -0.4 is 11.1 Å². The molecule has 0 bridgehead atoms. The first-order chi connectivity index (χ1) is 14.3. The van der Waals surface area contributed by atoms with Crippen molar-refractivity contribution in [3.63, 3.8) is 0 Å². The van der Waals surface area contributed by atoms with E-state index in [0.29, 0.717) is 13.0 Å². The van der Waals surface area contributed by atoms with Gasteiger partial charge >= 0.3 is 11.7 Å². The van der Waals surface area contributed by atoms with E-state index in [9.17, 15) is 24.5 Å². The number of fused-ring (bicyclic) bond motifs is 1. The second-order valence-electron chi connectivity index (χ2n) is 6.55. The Morgan fingerprint density at radius 1 is 1.23 bits per heavy atom. The second-order valence-corrected chi connectivity index (χ2v) is 6.55. The first-order valence-corrected chi connectivity index (χ1v) is 9.10. The molecule has 0 aliphatic heterocycles. The number of hydrogen-bond acceptors (Lipinski definition) is 7. The Balaban J connectivity index is 1.51. The van der Waals surface area contributed by atoms with Gasteiger partial charge in [-0.05, 0) is 30.5 Å². The van der Waals surface area contributed by atoms with Crippen molar-refractivity contribution in [1.29, 1.82) is 0 Å². The van der Waals surface area contributed by atoms with Crippen LogP contribution in [0.1, 0.15) is 11.1 Å². The third-order valence-electron chi connectivity index (χ3n) is 4.49. The van der Waals surface area contributed by atoms with Gasteiger partial charge in [-0.2, -0.15) is 0 Å². The minimum Gasteiger partial charge on any atom is -0.454 e. The molecule has 3 aromatic rings. The SMILES string of the molecule is Cc1ccccc1CCNC(=O)COC(=O)Cn1c(=O)oc2cc([N+](=O)[O-])ccc21. The minimum atomic E-state index is -0.856. The number of hydrogen-bond donors (Lipinski definition) is 1. The maximum atomic E-state index is 12.0. The summed E-state index contributed by atoms with van der Waals surface area (Å²) < 4.78 is 10.8. The number of nitro benzene ring substituents is 1. The summed E-state index contributed by atoms with van der Waals surface area (Å²) in [6.45, 7) is 1.41. The zero-order valence-corrected chi connectivity index (χ0v) is 16.1. The highest BCUT2D eigenvalue weighted by atomic mass is 16.6. The van der Waals surface area contributed by atoms with Gasteiger partial charge in [-0.25, -0.2) is 4.79 Å². The lowest BCUT2D eigenvalue weighted by Crippen LogP contribution is -2.31. The normalized spacial score (nSPS) is 10.7. The van der Waals surface area contributed by atoms with Crippen LogP contribution in [0.5, 0.6) is 0 Å². The molecule has 10 nitrogen and oxygen atoms in total. The smallest absolute Gasteiger partial charge is 0.420 e. The van der Waals surface area contributed by atoms with Crippen molar-refractivity contribution < 1.29 is 23.7 Å². The molecule has 1 heterocycles. The van der Waals surface area contributed by atoms with E-state index in [-0.39, 0.29) is 16.8 Å². The summed E-state index contributed by atoms with van der Waals surface area (Å²) in [4.78, 5) is 46.0. The topological polar surface area (TPSA) is 134 Å². The van der Waals surface area contributed by atoms with Crippen LogP contribution in [0.15, 0.2) is 51.7 Å². The maximum Gasteiger partial charge on any atom is 0.420 e. The Hall–Kier alpha value is -3.95. The first-order valence-electron chi connectivity index (χ1n) is 9.10. The van der Waals surface area contributed by atoms with E-state index in [1.165, 1.54) is 12.1 Å². The summed E-state index contributed by atoms with van der Waals surface area (Å²) >= 11 is 0. The number of nitro groups is 1. The number of oxazole rings is 1. The number of aromatic nitrogens is 1. The molecule has 156 valence electrons. The highest BCUT2D eigenvalue weighted by Crippen LogP contribution is 2.20. The van der Waals surface area contributed by atoms with Crippen molar-refractivity contribution in [2.45, 2.75) is 19.9 Å². The highest BCUT2D eigenvalue weighted by molar-refractivity contribution is 5.81. The molecule has 0 aliphatic rings. The van der Waals surface area contributed by atoms with Crippen molar-refractivity contribution in [1.82, 2.24) is 9.88 Å². The molecule has 0 fully saturated rings. The van der Waals surface area contributed by atoms with Crippen LogP contribution in [0.3, 0.4) is 0 Å². The summed E-state index contributed by atoms with van der Waals surface area (Å²) in [6.07, 6.45) is 0.648. The molecule has 10 heteroatoms. The van der Waals surface area contributed by atoms with Gasteiger partial charge in [0.2, 0.25) is 0 Å². The van der Waals surface area contributed by atoms with Crippen LogP contribution in [-0.2, 0) is 27.3 Å². The molecule has 0 saturated heterocycles. The Kier molecular flexibility index (Phi) is 6.26. The number of ether oxygens (including phenoxy) is 1. The predicted octanol–water partition coefficient (Wildman–Crippen LogP) is 1.71. The van der Waals surface area contributed by atoms with E-state index >= 15 is 0 Å². The zero-order valence-electron chi connectivity index (χ0n) is 16.1. The van der Waals surface area contributed by atoms with Gasteiger partial charge in [0.1, 0.15) is 6.54 Å². The Morgan fingerprint density at radius 3 is 2.73 bits per heavy atom. The summed E-state index contributed by atoms with van der Waals surface area (Å²) in [5.74, 6) is -2.13. The van der Waals surface area contributed by atoms with Crippen LogP contribution in [0.4, 0.5) is 5.69 Å². The van der Waals surface area contributed by atoms with E-state index in [1.54, 1.807) is 0 Å². The summed E-state index contributed by atoms with van der Waals surface area (Å²) in [6, 6.07) is 11.4. The number of non-ortho nitro benzene ring substituents is 1.